The maximum Gasteiger partial charge on any atom is 0.203 e. The van der Waals surface area contributed by atoms with Crippen LogP contribution in [-0.4, -0.2) is 39.1 Å². The second-order valence-corrected chi connectivity index (χ2v) is 5.15. The topological polar surface area (TPSA) is 56.9 Å². The smallest absolute Gasteiger partial charge is 0.203 e. The van der Waals surface area contributed by atoms with Crippen molar-refractivity contribution in [2.75, 3.05) is 19.0 Å². The SMILES string of the molecule is COCC(C)Nc1nccn1Cc1c(C)nn(C)c1C. The standard InChI is InChI=1S/C14H23N5O/c1-10(9-20-5)16-14-15-6-7-19(14)8-13-11(2)17-18(4)12(13)3/h6-7,10H,8-9H2,1-5H3,(H,15,16). The van der Waals surface area contributed by atoms with Gasteiger partial charge < -0.3 is 14.6 Å². The number of hydrogen-bond donors (Lipinski definition) is 1. The Morgan fingerprint density at radius 3 is 2.75 bits per heavy atom. The molecule has 0 spiro atoms. The lowest BCUT2D eigenvalue weighted by atomic mass is 10.2. The van der Waals surface area contributed by atoms with E-state index < -0.39 is 0 Å². The zero-order valence-corrected chi connectivity index (χ0v) is 12.8. The van der Waals surface area contributed by atoms with Crippen LogP contribution in [0.1, 0.15) is 23.9 Å². The molecule has 0 aliphatic rings. The van der Waals surface area contributed by atoms with Gasteiger partial charge in [0.15, 0.2) is 0 Å². The van der Waals surface area contributed by atoms with Crippen molar-refractivity contribution in [2.24, 2.45) is 7.05 Å². The van der Waals surface area contributed by atoms with Gasteiger partial charge >= 0.3 is 0 Å². The first-order chi connectivity index (χ1) is 9.52. The fourth-order valence-corrected chi connectivity index (χ4v) is 2.31. The van der Waals surface area contributed by atoms with Gasteiger partial charge in [-0.05, 0) is 20.8 Å². The van der Waals surface area contributed by atoms with E-state index in [1.807, 2.05) is 31.0 Å². The molecule has 1 unspecified atom stereocenters. The zero-order chi connectivity index (χ0) is 14.7. The van der Waals surface area contributed by atoms with Crippen molar-refractivity contribution in [3.8, 4) is 0 Å². The molecular weight excluding hydrogens is 254 g/mol. The molecule has 1 atom stereocenters. The van der Waals surface area contributed by atoms with Crippen LogP contribution in [0.25, 0.3) is 0 Å². The fourth-order valence-electron chi connectivity index (χ4n) is 2.31. The molecule has 2 aromatic heterocycles. The van der Waals surface area contributed by atoms with Crippen LogP contribution in [0, 0.1) is 13.8 Å². The summed E-state index contributed by atoms with van der Waals surface area (Å²) < 4.78 is 9.16. The molecule has 0 aromatic carbocycles. The second-order valence-electron chi connectivity index (χ2n) is 5.15. The summed E-state index contributed by atoms with van der Waals surface area (Å²) in [4.78, 5) is 4.37. The average Bonchev–Trinajstić information content (AvgIpc) is 2.90. The highest BCUT2D eigenvalue weighted by Gasteiger charge is 2.13. The number of anilines is 1. The van der Waals surface area contributed by atoms with Crippen molar-refractivity contribution < 1.29 is 4.74 Å². The molecule has 2 heterocycles. The molecule has 0 aliphatic carbocycles. The molecule has 2 aromatic rings. The van der Waals surface area contributed by atoms with E-state index >= 15 is 0 Å². The van der Waals surface area contributed by atoms with Crippen LogP contribution in [0.2, 0.25) is 0 Å². The van der Waals surface area contributed by atoms with Gasteiger partial charge in [-0.1, -0.05) is 0 Å². The summed E-state index contributed by atoms with van der Waals surface area (Å²) in [6, 6.07) is 0.220. The van der Waals surface area contributed by atoms with E-state index in [2.05, 4.69) is 33.8 Å². The maximum atomic E-state index is 5.14. The molecule has 0 fully saturated rings. The molecule has 0 saturated carbocycles. The Hall–Kier alpha value is -1.82. The van der Waals surface area contributed by atoms with Gasteiger partial charge in [0.25, 0.3) is 0 Å². The molecular formula is C14H23N5O. The highest BCUT2D eigenvalue weighted by atomic mass is 16.5. The van der Waals surface area contributed by atoms with E-state index in [0.29, 0.717) is 6.61 Å². The van der Waals surface area contributed by atoms with Crippen molar-refractivity contribution >= 4 is 5.95 Å². The van der Waals surface area contributed by atoms with Crippen LogP contribution in [0.5, 0.6) is 0 Å². The van der Waals surface area contributed by atoms with Crippen molar-refractivity contribution in [2.45, 2.75) is 33.4 Å². The lowest BCUT2D eigenvalue weighted by Crippen LogP contribution is -2.23. The van der Waals surface area contributed by atoms with E-state index in [9.17, 15) is 0 Å². The minimum absolute atomic E-state index is 0.220. The third kappa shape index (κ3) is 3.01. The van der Waals surface area contributed by atoms with Gasteiger partial charge in [-0.3, -0.25) is 4.68 Å². The summed E-state index contributed by atoms with van der Waals surface area (Å²) in [6.45, 7) is 7.63. The molecule has 110 valence electrons. The molecule has 20 heavy (non-hydrogen) atoms. The van der Waals surface area contributed by atoms with Crippen LogP contribution >= 0.6 is 0 Å². The predicted octanol–water partition coefficient (Wildman–Crippen LogP) is 1.73. The second kappa shape index (κ2) is 6.09. The number of rotatable bonds is 6. The highest BCUT2D eigenvalue weighted by molar-refractivity contribution is 5.31. The summed E-state index contributed by atoms with van der Waals surface area (Å²) in [5, 5.41) is 7.81. The van der Waals surface area contributed by atoms with Crippen molar-refractivity contribution in [3.63, 3.8) is 0 Å². The molecule has 6 heteroatoms. The van der Waals surface area contributed by atoms with Gasteiger partial charge in [0.1, 0.15) is 0 Å². The van der Waals surface area contributed by atoms with E-state index in [1.54, 1.807) is 7.11 Å². The van der Waals surface area contributed by atoms with Gasteiger partial charge in [-0.2, -0.15) is 5.10 Å². The minimum atomic E-state index is 0.220. The molecule has 0 aliphatic heterocycles. The summed E-state index contributed by atoms with van der Waals surface area (Å²) in [7, 11) is 3.67. The number of methoxy groups -OCH3 is 1. The molecule has 2 rings (SSSR count). The third-order valence-corrected chi connectivity index (χ3v) is 3.49. The van der Waals surface area contributed by atoms with Crippen LogP contribution < -0.4 is 5.32 Å². The summed E-state index contributed by atoms with van der Waals surface area (Å²) in [6.07, 6.45) is 3.79. The number of hydrogen-bond acceptors (Lipinski definition) is 4. The van der Waals surface area contributed by atoms with Crippen molar-refractivity contribution in [1.82, 2.24) is 19.3 Å². The molecule has 0 bridgehead atoms. The Kier molecular flexibility index (Phi) is 4.44. The van der Waals surface area contributed by atoms with Gasteiger partial charge in [0.05, 0.1) is 18.8 Å². The number of nitrogens with zero attached hydrogens (tertiary/aromatic N) is 4. The predicted molar refractivity (Wildman–Crippen MR) is 79.0 cm³/mol. The van der Waals surface area contributed by atoms with Gasteiger partial charge in [-0.15, -0.1) is 0 Å². The lowest BCUT2D eigenvalue weighted by molar-refractivity contribution is 0.190. The molecule has 0 amide bonds. The Bertz CT molecular complexity index is 572. The Labute approximate surface area is 119 Å². The van der Waals surface area contributed by atoms with E-state index in [4.69, 9.17) is 4.74 Å². The number of imidazole rings is 1. The normalized spacial score (nSPS) is 12.7. The Morgan fingerprint density at radius 1 is 1.40 bits per heavy atom. The van der Waals surface area contributed by atoms with Crippen LogP contribution in [0.15, 0.2) is 12.4 Å². The lowest BCUT2D eigenvalue weighted by Gasteiger charge is -2.15. The molecule has 0 radical (unpaired) electrons. The average molecular weight is 277 g/mol. The summed E-state index contributed by atoms with van der Waals surface area (Å²) in [5.41, 5.74) is 3.50. The monoisotopic (exact) mass is 277 g/mol. The number of aryl methyl sites for hydroxylation is 2. The molecule has 6 nitrogen and oxygen atoms in total. The van der Waals surface area contributed by atoms with Crippen LogP contribution in [-0.2, 0) is 18.3 Å². The number of ether oxygens (including phenoxy) is 1. The molecule has 0 saturated heterocycles. The van der Waals surface area contributed by atoms with E-state index in [-0.39, 0.29) is 6.04 Å². The van der Waals surface area contributed by atoms with Gasteiger partial charge in [0, 0.05) is 43.9 Å². The first-order valence-corrected chi connectivity index (χ1v) is 6.78. The quantitative estimate of drug-likeness (QED) is 0.873. The maximum absolute atomic E-state index is 5.14. The van der Waals surface area contributed by atoms with Gasteiger partial charge in [-0.25, -0.2) is 4.98 Å². The highest BCUT2D eigenvalue weighted by Crippen LogP contribution is 2.16. The third-order valence-electron chi connectivity index (χ3n) is 3.49. The Morgan fingerprint density at radius 2 is 2.15 bits per heavy atom. The first-order valence-electron chi connectivity index (χ1n) is 6.78. The Balaban J connectivity index is 2.16. The zero-order valence-electron chi connectivity index (χ0n) is 12.8. The van der Waals surface area contributed by atoms with E-state index in [1.165, 1.54) is 11.3 Å². The number of aromatic nitrogens is 4. The minimum Gasteiger partial charge on any atom is -0.383 e. The van der Waals surface area contributed by atoms with Crippen LogP contribution in [0.3, 0.4) is 0 Å². The summed E-state index contributed by atoms with van der Waals surface area (Å²) in [5.74, 6) is 0.859. The van der Waals surface area contributed by atoms with Gasteiger partial charge in [0.2, 0.25) is 5.95 Å². The number of nitrogens with one attached hydrogen (secondary N) is 1. The molecule has 1 N–H and O–H groups in total. The van der Waals surface area contributed by atoms with Crippen LogP contribution in [0.4, 0.5) is 5.95 Å². The summed E-state index contributed by atoms with van der Waals surface area (Å²) >= 11 is 0. The van der Waals surface area contributed by atoms with Crippen molar-refractivity contribution in [3.05, 3.63) is 29.3 Å². The largest absolute Gasteiger partial charge is 0.383 e. The van der Waals surface area contributed by atoms with E-state index in [0.717, 1.165) is 18.2 Å². The fraction of sp³-hybridized carbons (Fsp3) is 0.571. The van der Waals surface area contributed by atoms with Crippen molar-refractivity contribution in [1.29, 1.82) is 0 Å². The first kappa shape index (κ1) is 14.6.